The highest BCUT2D eigenvalue weighted by Crippen LogP contribution is 2.38. The first kappa shape index (κ1) is 25.0. The van der Waals surface area contributed by atoms with Gasteiger partial charge in [-0.05, 0) is 37.5 Å². The smallest absolute Gasteiger partial charge is 0.313 e. The molecule has 2 aromatic carbocycles. The van der Waals surface area contributed by atoms with Crippen LogP contribution in [0.2, 0.25) is 0 Å². The minimum Gasteiger partial charge on any atom is -0.469 e. The maximum absolute atomic E-state index is 14.9. The lowest BCUT2D eigenvalue weighted by atomic mass is 9.93. The molecule has 0 aromatic heterocycles. The number of esters is 1. The number of hydrogen-bond acceptors (Lipinski definition) is 5. The van der Waals surface area contributed by atoms with E-state index in [-0.39, 0.29) is 23.7 Å². The minimum atomic E-state index is -3.81. The van der Waals surface area contributed by atoms with Gasteiger partial charge < -0.3 is 4.74 Å². The maximum Gasteiger partial charge on any atom is 0.313 e. The Morgan fingerprint density at radius 2 is 1.79 bits per heavy atom. The van der Waals surface area contributed by atoms with Crippen LogP contribution in [0.4, 0.5) is 8.78 Å². The molecule has 1 fully saturated rings. The molecule has 0 amide bonds. The van der Waals surface area contributed by atoms with E-state index in [1.165, 1.54) is 11.2 Å². The fraction of sp³-hybridized carbons (Fsp3) is 0.417. The van der Waals surface area contributed by atoms with Crippen molar-refractivity contribution in [2.75, 3.05) is 7.11 Å². The molecule has 0 radical (unpaired) electrons. The molecule has 0 N–H and O–H groups in total. The average molecular weight is 480 g/mol. The zero-order chi connectivity index (χ0) is 24.3. The molecule has 1 saturated heterocycles. The summed E-state index contributed by atoms with van der Waals surface area (Å²) in [4.78, 5) is 23.5. The van der Waals surface area contributed by atoms with Crippen molar-refractivity contribution in [2.24, 2.45) is 0 Å². The third-order valence-electron chi connectivity index (χ3n) is 6.18. The third kappa shape index (κ3) is 5.30. The molecule has 9 heteroatoms. The summed E-state index contributed by atoms with van der Waals surface area (Å²) in [5, 5.41) is -0.752. The monoisotopic (exact) mass is 479 g/mol. The van der Waals surface area contributed by atoms with Crippen LogP contribution < -0.4 is 0 Å². The molecule has 1 heterocycles. The summed E-state index contributed by atoms with van der Waals surface area (Å²) in [6, 6.07) is 10.3. The van der Waals surface area contributed by atoms with Gasteiger partial charge >= 0.3 is 5.97 Å². The van der Waals surface area contributed by atoms with E-state index in [2.05, 4.69) is 4.74 Å². The van der Waals surface area contributed by atoms with Crippen molar-refractivity contribution >= 4 is 21.8 Å². The van der Waals surface area contributed by atoms with E-state index < -0.39 is 51.0 Å². The Labute approximate surface area is 192 Å². The fourth-order valence-corrected chi connectivity index (χ4v) is 6.31. The van der Waals surface area contributed by atoms with Crippen molar-refractivity contribution in [1.82, 2.24) is 4.31 Å². The molecular formula is C24H27F2NO5S. The molecule has 0 spiro atoms. The number of ketones is 1. The molecule has 178 valence electrons. The number of methoxy groups -OCH3 is 1. The number of hydrogen-bond donors (Lipinski definition) is 0. The number of carbonyl (C=O) groups excluding carboxylic acids is 2. The van der Waals surface area contributed by atoms with Crippen LogP contribution in [0.1, 0.15) is 61.0 Å². The normalized spacial score (nSPS) is 21.4. The second-order valence-electron chi connectivity index (χ2n) is 8.32. The topological polar surface area (TPSA) is 80.8 Å². The van der Waals surface area contributed by atoms with Crippen molar-refractivity contribution in [1.29, 1.82) is 0 Å². The average Bonchev–Trinajstić information content (AvgIpc) is 2.78. The lowest BCUT2D eigenvalue weighted by molar-refractivity contribution is -0.143. The highest BCUT2D eigenvalue weighted by atomic mass is 32.2. The van der Waals surface area contributed by atoms with Crippen LogP contribution >= 0.6 is 0 Å². The molecule has 0 aliphatic carbocycles. The molecule has 0 saturated carbocycles. The number of sulfonamides is 1. The van der Waals surface area contributed by atoms with E-state index in [9.17, 15) is 26.8 Å². The first-order chi connectivity index (χ1) is 15.6. The summed E-state index contributed by atoms with van der Waals surface area (Å²) in [5.74, 6) is -4.08. The van der Waals surface area contributed by atoms with Crippen LogP contribution in [-0.4, -0.2) is 37.6 Å². The summed E-state index contributed by atoms with van der Waals surface area (Å²) < 4.78 is 62.1. The fourth-order valence-electron chi connectivity index (χ4n) is 4.12. The van der Waals surface area contributed by atoms with Crippen molar-refractivity contribution in [3.8, 4) is 0 Å². The van der Waals surface area contributed by atoms with Gasteiger partial charge in [0.1, 0.15) is 23.3 Å². The van der Waals surface area contributed by atoms with Crippen LogP contribution in [0.3, 0.4) is 0 Å². The van der Waals surface area contributed by atoms with Crippen LogP contribution in [0.5, 0.6) is 0 Å². The molecule has 1 unspecified atom stereocenters. The maximum atomic E-state index is 14.9. The van der Waals surface area contributed by atoms with Gasteiger partial charge in [0.25, 0.3) is 0 Å². The highest BCUT2D eigenvalue weighted by molar-refractivity contribution is 7.89. The number of carbonyl (C=O) groups is 2. The minimum absolute atomic E-state index is 0.118. The molecule has 0 bridgehead atoms. The van der Waals surface area contributed by atoms with Gasteiger partial charge in [0.05, 0.1) is 7.11 Å². The van der Waals surface area contributed by atoms with Gasteiger partial charge in [-0.25, -0.2) is 17.2 Å². The quantitative estimate of drug-likeness (QED) is 0.438. The van der Waals surface area contributed by atoms with E-state index in [1.54, 1.807) is 37.3 Å². The second-order valence-corrected chi connectivity index (χ2v) is 10.4. The van der Waals surface area contributed by atoms with Crippen molar-refractivity contribution in [2.45, 2.75) is 56.9 Å². The Kier molecular flexibility index (Phi) is 7.64. The van der Waals surface area contributed by atoms with Crippen LogP contribution in [0.25, 0.3) is 0 Å². The van der Waals surface area contributed by atoms with Gasteiger partial charge in [0.2, 0.25) is 10.0 Å². The zero-order valence-corrected chi connectivity index (χ0v) is 19.6. The molecular weight excluding hydrogens is 452 g/mol. The van der Waals surface area contributed by atoms with Crippen LogP contribution in [-0.2, 0) is 30.9 Å². The zero-order valence-electron chi connectivity index (χ0n) is 18.8. The lowest BCUT2D eigenvalue weighted by Gasteiger charge is -2.37. The summed E-state index contributed by atoms with van der Waals surface area (Å²) >= 11 is 0. The molecule has 1 aliphatic rings. The van der Waals surface area contributed by atoms with Gasteiger partial charge in [-0.2, -0.15) is 4.31 Å². The number of benzene rings is 2. The molecule has 1 aliphatic heterocycles. The second kappa shape index (κ2) is 10.1. The Hall–Kier alpha value is -2.65. The SMILES string of the molecule is COC(=O)CC(=O)C(C)c1cc(F)c(CN2[C@@H](C)CC[C@H](c3ccccc3)S2(=O)=O)cc1F. The predicted octanol–water partition coefficient (Wildman–Crippen LogP) is 4.26. The van der Waals surface area contributed by atoms with E-state index in [4.69, 9.17) is 0 Å². The van der Waals surface area contributed by atoms with Crippen molar-refractivity contribution in [3.63, 3.8) is 0 Å². The van der Waals surface area contributed by atoms with Gasteiger partial charge in [0.15, 0.2) is 5.78 Å². The summed E-state index contributed by atoms with van der Waals surface area (Å²) in [6.45, 7) is 2.81. The van der Waals surface area contributed by atoms with Crippen LogP contribution in [0, 0.1) is 11.6 Å². The van der Waals surface area contributed by atoms with Crippen molar-refractivity contribution < 1.29 is 31.5 Å². The molecule has 6 nitrogen and oxygen atoms in total. The predicted molar refractivity (Wildman–Crippen MR) is 119 cm³/mol. The molecule has 2 aromatic rings. The number of halogens is 2. The van der Waals surface area contributed by atoms with Crippen LogP contribution in [0.15, 0.2) is 42.5 Å². The first-order valence-electron chi connectivity index (χ1n) is 10.7. The first-order valence-corrected chi connectivity index (χ1v) is 12.2. The van der Waals surface area contributed by atoms with Crippen molar-refractivity contribution in [3.05, 3.63) is 70.8 Å². The molecule has 3 atom stereocenters. The Morgan fingerprint density at radius 1 is 1.12 bits per heavy atom. The summed E-state index contributed by atoms with van der Waals surface area (Å²) in [6.07, 6.45) is 0.477. The standard InChI is InChI=1S/C24H27F2NO5S/c1-15-9-10-23(17-7-5-4-6-8-17)33(30,31)27(15)14-18-11-21(26)19(12-20(18)25)16(2)22(28)13-24(29)32-3/h4-8,11-12,15-16,23H,9-10,13-14H2,1-3H3/t15-,16?,23+/m0/s1. The summed E-state index contributed by atoms with van der Waals surface area (Å²) in [5.41, 5.74) is 0.351. The number of rotatable bonds is 7. The lowest BCUT2D eigenvalue weighted by Crippen LogP contribution is -2.44. The highest BCUT2D eigenvalue weighted by Gasteiger charge is 2.40. The molecule has 33 heavy (non-hydrogen) atoms. The Bertz CT molecular complexity index is 1140. The van der Waals surface area contributed by atoms with E-state index in [0.717, 1.165) is 19.2 Å². The Morgan fingerprint density at radius 3 is 2.42 bits per heavy atom. The van der Waals surface area contributed by atoms with Gasteiger partial charge in [-0.1, -0.05) is 37.3 Å². The van der Waals surface area contributed by atoms with Gasteiger partial charge in [0, 0.05) is 29.6 Å². The van der Waals surface area contributed by atoms with E-state index >= 15 is 0 Å². The number of nitrogens with zero attached hydrogens (tertiary/aromatic N) is 1. The van der Waals surface area contributed by atoms with Gasteiger partial charge in [-0.3, -0.25) is 9.59 Å². The largest absolute Gasteiger partial charge is 0.469 e. The summed E-state index contributed by atoms with van der Waals surface area (Å²) in [7, 11) is -2.68. The molecule has 3 rings (SSSR count). The van der Waals surface area contributed by atoms with Gasteiger partial charge in [-0.15, -0.1) is 0 Å². The van der Waals surface area contributed by atoms with E-state index in [1.807, 2.05) is 0 Å². The number of Topliss-reactive ketones (excluding diaryl/α,β-unsaturated/α-hetero) is 1. The Balaban J connectivity index is 1.87. The van der Waals surface area contributed by atoms with E-state index in [0.29, 0.717) is 18.4 Å². The third-order valence-corrected chi connectivity index (χ3v) is 8.55. The number of ether oxygens (including phenoxy) is 1.